The van der Waals surface area contributed by atoms with Crippen LogP contribution in [-0.4, -0.2) is 54.0 Å². The Labute approximate surface area is 162 Å². The SMILES string of the molecule is Cc1ccc(NC(=O)CC(C)C)cc1NC(=O)N1CCCN2CCC[C@H]2C1. The minimum Gasteiger partial charge on any atom is -0.326 e. The highest BCUT2D eigenvalue weighted by molar-refractivity contribution is 5.94. The Hall–Kier alpha value is -2.08. The number of carbonyl (C=O) groups is 2. The number of rotatable bonds is 4. The molecule has 2 N–H and O–H groups in total. The van der Waals surface area contributed by atoms with E-state index >= 15 is 0 Å². The van der Waals surface area contributed by atoms with Crippen LogP contribution >= 0.6 is 0 Å². The fraction of sp³-hybridized carbons (Fsp3) is 0.619. The van der Waals surface area contributed by atoms with E-state index in [-0.39, 0.29) is 11.9 Å². The number of carbonyl (C=O) groups excluding carboxylic acids is 2. The summed E-state index contributed by atoms with van der Waals surface area (Å²) in [5, 5.41) is 5.98. The van der Waals surface area contributed by atoms with Crippen molar-refractivity contribution in [2.75, 3.05) is 36.8 Å². The van der Waals surface area contributed by atoms with Crippen LogP contribution in [0, 0.1) is 12.8 Å². The van der Waals surface area contributed by atoms with Gasteiger partial charge in [0.15, 0.2) is 0 Å². The summed E-state index contributed by atoms with van der Waals surface area (Å²) in [5.41, 5.74) is 2.47. The first-order valence-electron chi connectivity index (χ1n) is 10.1. The Morgan fingerprint density at radius 1 is 1.15 bits per heavy atom. The van der Waals surface area contributed by atoms with Gasteiger partial charge in [-0.05, 0) is 56.3 Å². The average molecular weight is 373 g/mol. The summed E-state index contributed by atoms with van der Waals surface area (Å²) in [5.74, 6) is 0.313. The predicted octanol–water partition coefficient (Wildman–Crippen LogP) is 3.68. The zero-order chi connectivity index (χ0) is 19.4. The van der Waals surface area contributed by atoms with Crippen LogP contribution < -0.4 is 10.6 Å². The molecule has 0 radical (unpaired) electrons. The molecule has 2 heterocycles. The lowest BCUT2D eigenvalue weighted by molar-refractivity contribution is -0.116. The van der Waals surface area contributed by atoms with E-state index in [0.717, 1.165) is 49.5 Å². The van der Waals surface area contributed by atoms with Gasteiger partial charge < -0.3 is 15.5 Å². The van der Waals surface area contributed by atoms with Crippen LogP contribution in [-0.2, 0) is 4.79 Å². The van der Waals surface area contributed by atoms with Crippen LogP contribution in [0.2, 0.25) is 0 Å². The Morgan fingerprint density at radius 3 is 2.70 bits per heavy atom. The average Bonchev–Trinajstić information content (AvgIpc) is 2.93. The number of fused-ring (bicyclic) bond motifs is 1. The van der Waals surface area contributed by atoms with Gasteiger partial charge in [-0.15, -0.1) is 0 Å². The van der Waals surface area contributed by atoms with Crippen LogP contribution in [0.25, 0.3) is 0 Å². The van der Waals surface area contributed by atoms with Gasteiger partial charge in [0.25, 0.3) is 0 Å². The molecule has 6 heteroatoms. The molecule has 27 heavy (non-hydrogen) atoms. The smallest absolute Gasteiger partial charge is 0.321 e. The molecule has 0 saturated carbocycles. The topological polar surface area (TPSA) is 64.7 Å². The molecule has 2 saturated heterocycles. The van der Waals surface area contributed by atoms with Crippen molar-refractivity contribution < 1.29 is 9.59 Å². The molecule has 3 rings (SSSR count). The van der Waals surface area contributed by atoms with Crippen LogP contribution in [0.5, 0.6) is 0 Å². The summed E-state index contributed by atoms with van der Waals surface area (Å²) < 4.78 is 0. The number of aryl methyl sites for hydroxylation is 1. The minimum atomic E-state index is -0.0440. The Balaban J connectivity index is 1.64. The first kappa shape index (κ1) is 19.7. The van der Waals surface area contributed by atoms with Crippen molar-refractivity contribution in [3.8, 4) is 0 Å². The van der Waals surface area contributed by atoms with Gasteiger partial charge in [-0.1, -0.05) is 19.9 Å². The van der Waals surface area contributed by atoms with Crippen LogP contribution in [0.15, 0.2) is 18.2 Å². The molecular formula is C21H32N4O2. The molecule has 1 aromatic rings. The van der Waals surface area contributed by atoms with Crippen LogP contribution in [0.3, 0.4) is 0 Å². The normalized spacial score (nSPS) is 20.3. The highest BCUT2D eigenvalue weighted by Gasteiger charge is 2.30. The van der Waals surface area contributed by atoms with Crippen LogP contribution in [0.4, 0.5) is 16.2 Å². The van der Waals surface area contributed by atoms with Crippen molar-refractivity contribution in [1.29, 1.82) is 0 Å². The molecule has 0 spiro atoms. The number of benzene rings is 1. The molecule has 1 atom stereocenters. The number of hydrogen-bond donors (Lipinski definition) is 2. The lowest BCUT2D eigenvalue weighted by Crippen LogP contribution is -2.41. The lowest BCUT2D eigenvalue weighted by atomic mass is 10.1. The molecule has 1 aromatic carbocycles. The molecule has 0 bridgehead atoms. The highest BCUT2D eigenvalue weighted by atomic mass is 16.2. The summed E-state index contributed by atoms with van der Waals surface area (Å²) in [6, 6.07) is 6.12. The Bertz CT molecular complexity index is 689. The largest absolute Gasteiger partial charge is 0.326 e. The molecular weight excluding hydrogens is 340 g/mol. The van der Waals surface area contributed by atoms with Crippen molar-refractivity contribution in [1.82, 2.24) is 9.80 Å². The van der Waals surface area contributed by atoms with Gasteiger partial charge >= 0.3 is 6.03 Å². The van der Waals surface area contributed by atoms with Gasteiger partial charge in [-0.25, -0.2) is 4.79 Å². The van der Waals surface area contributed by atoms with E-state index in [2.05, 4.69) is 15.5 Å². The summed E-state index contributed by atoms with van der Waals surface area (Å²) in [7, 11) is 0. The molecule has 2 aliphatic rings. The summed E-state index contributed by atoms with van der Waals surface area (Å²) in [4.78, 5) is 29.3. The number of hydrogen-bond acceptors (Lipinski definition) is 3. The third-order valence-electron chi connectivity index (χ3n) is 5.45. The Morgan fingerprint density at radius 2 is 1.93 bits per heavy atom. The van der Waals surface area contributed by atoms with Crippen molar-refractivity contribution in [3.05, 3.63) is 23.8 Å². The molecule has 2 aliphatic heterocycles. The fourth-order valence-corrected chi connectivity index (χ4v) is 4.00. The number of amides is 3. The molecule has 0 unspecified atom stereocenters. The zero-order valence-corrected chi connectivity index (χ0v) is 16.8. The van der Waals surface area contributed by atoms with E-state index in [9.17, 15) is 9.59 Å². The van der Waals surface area contributed by atoms with Crippen molar-refractivity contribution in [3.63, 3.8) is 0 Å². The second kappa shape index (κ2) is 8.74. The van der Waals surface area contributed by atoms with E-state index < -0.39 is 0 Å². The molecule has 148 valence electrons. The third-order valence-corrected chi connectivity index (χ3v) is 5.45. The van der Waals surface area contributed by atoms with E-state index in [0.29, 0.717) is 18.4 Å². The lowest BCUT2D eigenvalue weighted by Gasteiger charge is -2.26. The van der Waals surface area contributed by atoms with E-state index in [1.165, 1.54) is 12.8 Å². The van der Waals surface area contributed by atoms with Crippen molar-refractivity contribution in [2.24, 2.45) is 5.92 Å². The number of nitrogens with zero attached hydrogens (tertiary/aromatic N) is 2. The maximum atomic E-state index is 12.8. The molecule has 2 fully saturated rings. The number of anilines is 2. The monoisotopic (exact) mass is 372 g/mol. The second-order valence-corrected chi connectivity index (χ2v) is 8.24. The third kappa shape index (κ3) is 5.22. The Kier molecular flexibility index (Phi) is 6.37. The molecule has 0 aliphatic carbocycles. The van der Waals surface area contributed by atoms with Gasteiger partial charge in [0, 0.05) is 43.5 Å². The second-order valence-electron chi connectivity index (χ2n) is 8.24. The van der Waals surface area contributed by atoms with Gasteiger partial charge in [-0.3, -0.25) is 9.69 Å². The standard InChI is InChI=1S/C21H32N4O2/c1-15(2)12-20(26)22-17-8-7-16(3)19(13-17)23-21(27)25-11-5-10-24-9-4-6-18(24)14-25/h7-8,13,15,18H,4-6,9-12,14H2,1-3H3,(H,22,26)(H,23,27)/t18-/m0/s1. The number of nitrogens with one attached hydrogen (secondary N) is 2. The van der Waals surface area contributed by atoms with Crippen molar-refractivity contribution >= 4 is 23.3 Å². The first-order valence-corrected chi connectivity index (χ1v) is 10.1. The molecule has 3 amide bonds. The van der Waals surface area contributed by atoms with E-state index in [4.69, 9.17) is 0 Å². The van der Waals surface area contributed by atoms with E-state index in [1.807, 2.05) is 43.9 Å². The zero-order valence-electron chi connectivity index (χ0n) is 16.8. The van der Waals surface area contributed by atoms with Gasteiger partial charge in [0.1, 0.15) is 0 Å². The quantitative estimate of drug-likeness (QED) is 0.847. The summed E-state index contributed by atoms with van der Waals surface area (Å²) in [6.45, 7) is 9.86. The predicted molar refractivity (Wildman–Crippen MR) is 109 cm³/mol. The molecule has 6 nitrogen and oxygen atoms in total. The van der Waals surface area contributed by atoms with Crippen LogP contribution in [0.1, 0.15) is 45.1 Å². The van der Waals surface area contributed by atoms with Crippen molar-refractivity contribution in [2.45, 2.75) is 52.5 Å². The maximum absolute atomic E-state index is 12.8. The highest BCUT2D eigenvalue weighted by Crippen LogP contribution is 2.24. The first-order chi connectivity index (χ1) is 12.9. The molecule has 0 aromatic heterocycles. The van der Waals surface area contributed by atoms with Gasteiger partial charge in [0.2, 0.25) is 5.91 Å². The van der Waals surface area contributed by atoms with Gasteiger partial charge in [0.05, 0.1) is 0 Å². The summed E-state index contributed by atoms with van der Waals surface area (Å²) in [6.07, 6.45) is 3.92. The summed E-state index contributed by atoms with van der Waals surface area (Å²) >= 11 is 0. The van der Waals surface area contributed by atoms with E-state index in [1.54, 1.807) is 0 Å². The fourth-order valence-electron chi connectivity index (χ4n) is 4.00. The number of urea groups is 1. The maximum Gasteiger partial charge on any atom is 0.321 e. The minimum absolute atomic E-state index is 0.0000255. The van der Waals surface area contributed by atoms with Gasteiger partial charge in [-0.2, -0.15) is 0 Å².